The van der Waals surface area contributed by atoms with Gasteiger partial charge in [-0.05, 0) is 12.8 Å². The number of pyridine rings is 1. The Balaban J connectivity index is 2.22. The summed E-state index contributed by atoms with van der Waals surface area (Å²) in [6.45, 7) is 0.394. The van der Waals surface area contributed by atoms with Gasteiger partial charge >= 0.3 is 0 Å². The Labute approximate surface area is 116 Å². The van der Waals surface area contributed by atoms with E-state index < -0.39 is 10.5 Å². The summed E-state index contributed by atoms with van der Waals surface area (Å²) in [6.07, 6.45) is 3.49. The molecule has 1 heterocycles. The number of hydrogen-bond donors (Lipinski definition) is 3. The fraction of sp³-hybridized carbons (Fsp3) is 0.583. The van der Waals surface area contributed by atoms with Crippen molar-refractivity contribution in [2.75, 3.05) is 23.9 Å². The Morgan fingerprint density at radius 1 is 1.55 bits per heavy atom. The van der Waals surface area contributed by atoms with E-state index in [2.05, 4.69) is 10.4 Å². The van der Waals surface area contributed by atoms with Crippen molar-refractivity contribution in [1.29, 1.82) is 0 Å². The van der Waals surface area contributed by atoms with Crippen LogP contribution in [0.25, 0.3) is 0 Å². The number of nitrogen functional groups attached to an aromatic ring is 1. The van der Waals surface area contributed by atoms with E-state index in [0.29, 0.717) is 12.4 Å². The number of nitrogens with one attached hydrogen (secondary N) is 1. The zero-order chi connectivity index (χ0) is 14.8. The predicted molar refractivity (Wildman–Crippen MR) is 75.4 cm³/mol. The molecule has 1 aliphatic carbocycles. The Morgan fingerprint density at radius 2 is 2.20 bits per heavy atom. The highest BCUT2D eigenvalue weighted by molar-refractivity contribution is 5.55. The van der Waals surface area contributed by atoms with Gasteiger partial charge in [-0.2, -0.15) is 0 Å². The largest absolute Gasteiger partial charge is 0.388 e. The summed E-state index contributed by atoms with van der Waals surface area (Å²) in [5.74, 6) is 5.91. The smallest absolute Gasteiger partial charge is 0.276 e. The molecule has 0 radical (unpaired) electrons. The molecule has 20 heavy (non-hydrogen) atoms. The summed E-state index contributed by atoms with van der Waals surface area (Å²) >= 11 is 0. The molecule has 0 amide bonds. The van der Waals surface area contributed by atoms with Crippen molar-refractivity contribution >= 4 is 17.3 Å². The third-order valence-corrected chi connectivity index (χ3v) is 3.61. The fourth-order valence-corrected chi connectivity index (χ4v) is 2.59. The molecule has 1 aromatic rings. The van der Waals surface area contributed by atoms with Crippen molar-refractivity contribution in [3.63, 3.8) is 0 Å². The first-order valence-corrected chi connectivity index (χ1v) is 6.50. The number of rotatable bonds is 5. The molecule has 0 saturated heterocycles. The Kier molecular flexibility index (Phi) is 4.05. The van der Waals surface area contributed by atoms with Crippen molar-refractivity contribution in [3.05, 3.63) is 22.2 Å². The SMILES string of the molecule is CN(CC1(O)CCCC1)c1cc([N+](=O)[O-])cc(NN)n1. The van der Waals surface area contributed by atoms with Crippen LogP contribution in [-0.2, 0) is 0 Å². The second-order valence-corrected chi connectivity index (χ2v) is 5.26. The number of aliphatic hydroxyl groups is 1. The molecular weight excluding hydrogens is 262 g/mol. The highest BCUT2D eigenvalue weighted by Gasteiger charge is 2.32. The maximum atomic E-state index is 10.9. The maximum Gasteiger partial charge on any atom is 0.276 e. The van der Waals surface area contributed by atoms with Crippen molar-refractivity contribution in [1.82, 2.24) is 4.98 Å². The van der Waals surface area contributed by atoms with Crippen LogP contribution >= 0.6 is 0 Å². The minimum absolute atomic E-state index is 0.0896. The topological polar surface area (TPSA) is 118 Å². The lowest BCUT2D eigenvalue weighted by Crippen LogP contribution is -2.39. The van der Waals surface area contributed by atoms with Crippen LogP contribution in [0.4, 0.5) is 17.3 Å². The van der Waals surface area contributed by atoms with Gasteiger partial charge in [0.2, 0.25) is 0 Å². The highest BCUT2D eigenvalue weighted by Crippen LogP contribution is 2.31. The van der Waals surface area contributed by atoms with Crippen LogP contribution in [-0.4, -0.2) is 34.2 Å². The van der Waals surface area contributed by atoms with Gasteiger partial charge in [0.05, 0.1) is 22.7 Å². The lowest BCUT2D eigenvalue weighted by atomic mass is 10.0. The first kappa shape index (κ1) is 14.5. The van der Waals surface area contributed by atoms with Gasteiger partial charge in [-0.25, -0.2) is 10.8 Å². The molecule has 0 aromatic carbocycles. The normalized spacial score (nSPS) is 16.9. The van der Waals surface area contributed by atoms with E-state index in [1.807, 2.05) is 0 Å². The van der Waals surface area contributed by atoms with Crippen LogP contribution in [0, 0.1) is 10.1 Å². The molecule has 110 valence electrons. The highest BCUT2D eigenvalue weighted by atomic mass is 16.6. The van der Waals surface area contributed by atoms with E-state index >= 15 is 0 Å². The Hall–Kier alpha value is -1.93. The molecule has 1 fully saturated rings. The molecule has 1 aromatic heterocycles. The molecule has 0 unspecified atom stereocenters. The van der Waals surface area contributed by atoms with Gasteiger partial charge < -0.3 is 15.4 Å². The van der Waals surface area contributed by atoms with E-state index in [-0.39, 0.29) is 11.5 Å². The number of hydrogen-bond acceptors (Lipinski definition) is 7. The molecule has 8 heteroatoms. The monoisotopic (exact) mass is 281 g/mol. The quantitative estimate of drug-likeness (QED) is 0.419. The van der Waals surface area contributed by atoms with E-state index in [0.717, 1.165) is 25.7 Å². The first-order valence-electron chi connectivity index (χ1n) is 6.50. The number of nitrogens with two attached hydrogens (primary N) is 1. The first-order chi connectivity index (χ1) is 9.43. The van der Waals surface area contributed by atoms with Crippen LogP contribution in [0.15, 0.2) is 12.1 Å². The van der Waals surface area contributed by atoms with E-state index in [9.17, 15) is 15.2 Å². The molecular formula is C12H19N5O3. The minimum Gasteiger partial charge on any atom is -0.388 e. The van der Waals surface area contributed by atoms with Gasteiger partial charge in [0.25, 0.3) is 5.69 Å². The summed E-state index contributed by atoms with van der Waals surface area (Å²) < 4.78 is 0. The number of hydrazine groups is 1. The predicted octanol–water partition coefficient (Wildman–Crippen LogP) is 1.02. The van der Waals surface area contributed by atoms with E-state index in [4.69, 9.17) is 5.84 Å². The third kappa shape index (κ3) is 3.14. The Bertz CT molecular complexity index is 502. The zero-order valence-electron chi connectivity index (χ0n) is 11.4. The maximum absolute atomic E-state index is 10.9. The fourth-order valence-electron chi connectivity index (χ4n) is 2.59. The van der Waals surface area contributed by atoms with Crippen molar-refractivity contribution in [2.45, 2.75) is 31.3 Å². The van der Waals surface area contributed by atoms with Crippen LogP contribution in [0.5, 0.6) is 0 Å². The number of anilines is 2. The molecule has 0 atom stereocenters. The van der Waals surface area contributed by atoms with Crippen molar-refractivity contribution in [3.8, 4) is 0 Å². The van der Waals surface area contributed by atoms with E-state index in [1.54, 1.807) is 11.9 Å². The second-order valence-electron chi connectivity index (χ2n) is 5.26. The second kappa shape index (κ2) is 5.59. The summed E-state index contributed by atoms with van der Waals surface area (Å²) in [6, 6.07) is 2.64. The average molecular weight is 281 g/mol. The standard InChI is InChI=1S/C12H19N5O3/c1-16(8-12(18)4-2-3-5-12)11-7-9(17(19)20)6-10(14-11)15-13/h6-7,18H,2-5,8,13H2,1H3,(H,14,15). The molecule has 0 bridgehead atoms. The molecule has 0 aliphatic heterocycles. The number of nitrogens with zero attached hydrogens (tertiary/aromatic N) is 3. The van der Waals surface area contributed by atoms with Gasteiger partial charge in [0, 0.05) is 13.6 Å². The van der Waals surface area contributed by atoms with Gasteiger partial charge in [0.1, 0.15) is 11.6 Å². The number of likely N-dealkylation sites (N-methyl/N-ethyl adjacent to an activating group) is 1. The van der Waals surface area contributed by atoms with Gasteiger partial charge in [0.15, 0.2) is 0 Å². The zero-order valence-corrected chi connectivity index (χ0v) is 11.4. The lowest BCUT2D eigenvalue weighted by Gasteiger charge is -2.29. The summed E-state index contributed by atoms with van der Waals surface area (Å²) in [5.41, 5.74) is 1.49. The molecule has 8 nitrogen and oxygen atoms in total. The van der Waals surface area contributed by atoms with Crippen LogP contribution in [0.3, 0.4) is 0 Å². The van der Waals surface area contributed by atoms with Crippen molar-refractivity contribution < 1.29 is 10.0 Å². The lowest BCUT2D eigenvalue weighted by molar-refractivity contribution is -0.384. The summed E-state index contributed by atoms with van der Waals surface area (Å²) in [5, 5.41) is 21.3. The number of aromatic nitrogens is 1. The Morgan fingerprint density at radius 3 is 2.75 bits per heavy atom. The molecule has 2 rings (SSSR count). The van der Waals surface area contributed by atoms with E-state index in [1.165, 1.54) is 12.1 Å². The van der Waals surface area contributed by atoms with Crippen molar-refractivity contribution in [2.24, 2.45) is 5.84 Å². The average Bonchev–Trinajstić information content (AvgIpc) is 2.84. The van der Waals surface area contributed by atoms with Crippen LogP contribution in [0.2, 0.25) is 0 Å². The summed E-state index contributed by atoms with van der Waals surface area (Å²) in [4.78, 5) is 16.3. The van der Waals surface area contributed by atoms with Gasteiger partial charge in [-0.15, -0.1) is 0 Å². The van der Waals surface area contributed by atoms with Gasteiger partial charge in [-0.3, -0.25) is 10.1 Å². The van der Waals surface area contributed by atoms with Crippen LogP contribution < -0.4 is 16.2 Å². The van der Waals surface area contributed by atoms with Crippen LogP contribution in [0.1, 0.15) is 25.7 Å². The summed E-state index contributed by atoms with van der Waals surface area (Å²) in [7, 11) is 1.75. The molecule has 1 aliphatic rings. The molecule has 4 N–H and O–H groups in total. The molecule has 0 spiro atoms. The van der Waals surface area contributed by atoms with Gasteiger partial charge in [-0.1, -0.05) is 12.8 Å². The number of nitro groups is 1. The third-order valence-electron chi connectivity index (χ3n) is 3.61. The molecule has 1 saturated carbocycles. The minimum atomic E-state index is -0.739.